The minimum Gasteiger partial charge on any atom is -0.341 e. The van der Waals surface area contributed by atoms with Crippen molar-refractivity contribution in [2.24, 2.45) is 0 Å². The van der Waals surface area contributed by atoms with Crippen molar-refractivity contribution in [3.63, 3.8) is 0 Å². The van der Waals surface area contributed by atoms with E-state index in [1.54, 1.807) is 0 Å². The maximum atomic E-state index is 12.5. The molecule has 2 aliphatic rings. The van der Waals surface area contributed by atoms with Gasteiger partial charge in [0, 0.05) is 45.0 Å². The Balaban J connectivity index is 1.53. The van der Waals surface area contributed by atoms with E-state index in [4.69, 9.17) is 0 Å². The Morgan fingerprint density at radius 2 is 2.26 bits per heavy atom. The van der Waals surface area contributed by atoms with Crippen LogP contribution in [0.4, 0.5) is 4.79 Å². The molecule has 1 aromatic rings. The number of likely N-dealkylation sites (tertiary alicyclic amines) is 1. The normalized spacial score (nSPS) is 21.4. The van der Waals surface area contributed by atoms with Crippen molar-refractivity contribution < 1.29 is 9.59 Å². The van der Waals surface area contributed by atoms with Crippen molar-refractivity contribution in [1.29, 1.82) is 0 Å². The monoisotopic (exact) mass is 316 g/mol. The second-order valence-electron chi connectivity index (χ2n) is 6.43. The lowest BCUT2D eigenvalue weighted by atomic mass is 10.0. The largest absolute Gasteiger partial charge is 0.341 e. The number of nitrogens with zero attached hydrogens (tertiary/aromatic N) is 3. The molecule has 0 saturated carbocycles. The van der Waals surface area contributed by atoms with Crippen LogP contribution in [0.5, 0.6) is 0 Å². The molecule has 0 aromatic carbocycles. The van der Waals surface area contributed by atoms with Crippen LogP contribution in [0.1, 0.15) is 30.4 Å². The van der Waals surface area contributed by atoms with Gasteiger partial charge in [0.1, 0.15) is 0 Å². The average Bonchev–Trinajstić information content (AvgIpc) is 2.99. The van der Waals surface area contributed by atoms with Crippen LogP contribution in [0.15, 0.2) is 18.5 Å². The first kappa shape index (κ1) is 15.8. The summed E-state index contributed by atoms with van der Waals surface area (Å²) in [5.74, 6) is 0.177. The number of aromatic nitrogens is 1. The summed E-state index contributed by atoms with van der Waals surface area (Å²) in [6.45, 7) is 4.94. The van der Waals surface area contributed by atoms with Gasteiger partial charge in [-0.2, -0.15) is 0 Å². The van der Waals surface area contributed by atoms with Gasteiger partial charge in [-0.05, 0) is 37.3 Å². The third kappa shape index (κ3) is 3.81. The first-order valence-electron chi connectivity index (χ1n) is 8.36. The number of hydrogen-bond acceptors (Lipinski definition) is 3. The highest BCUT2D eigenvalue weighted by atomic mass is 16.2. The summed E-state index contributed by atoms with van der Waals surface area (Å²) < 4.78 is 0. The van der Waals surface area contributed by atoms with Gasteiger partial charge < -0.3 is 15.1 Å². The van der Waals surface area contributed by atoms with E-state index < -0.39 is 0 Å². The third-order valence-electron chi connectivity index (χ3n) is 4.64. The summed E-state index contributed by atoms with van der Waals surface area (Å²) in [6, 6.07) is 2.25. The number of piperidine rings is 1. The van der Waals surface area contributed by atoms with E-state index in [-0.39, 0.29) is 18.0 Å². The number of aryl methyl sites for hydroxylation is 2. The fourth-order valence-corrected chi connectivity index (χ4v) is 3.43. The van der Waals surface area contributed by atoms with Gasteiger partial charge in [0.25, 0.3) is 0 Å². The van der Waals surface area contributed by atoms with Crippen molar-refractivity contribution in [2.75, 3.05) is 26.2 Å². The molecule has 23 heavy (non-hydrogen) atoms. The number of urea groups is 1. The molecule has 1 aromatic heterocycles. The molecule has 1 N–H and O–H groups in total. The van der Waals surface area contributed by atoms with Crippen LogP contribution >= 0.6 is 0 Å². The van der Waals surface area contributed by atoms with Gasteiger partial charge in [-0.15, -0.1) is 0 Å². The van der Waals surface area contributed by atoms with Crippen molar-refractivity contribution in [3.8, 4) is 0 Å². The molecule has 0 aliphatic carbocycles. The molecule has 0 spiro atoms. The smallest absolute Gasteiger partial charge is 0.317 e. The Labute approximate surface area is 136 Å². The number of pyridine rings is 1. The van der Waals surface area contributed by atoms with Crippen molar-refractivity contribution >= 4 is 11.9 Å². The van der Waals surface area contributed by atoms with Gasteiger partial charge in [-0.25, -0.2) is 4.79 Å². The molecule has 1 unspecified atom stereocenters. The fraction of sp³-hybridized carbons (Fsp3) is 0.588. The quantitative estimate of drug-likeness (QED) is 0.911. The molecular formula is C17H24N4O2. The van der Waals surface area contributed by atoms with E-state index in [0.717, 1.165) is 43.5 Å². The number of hydrogen-bond donors (Lipinski definition) is 1. The summed E-state index contributed by atoms with van der Waals surface area (Å²) >= 11 is 0. The molecule has 0 bridgehead atoms. The Hall–Kier alpha value is -2.11. The molecule has 6 nitrogen and oxygen atoms in total. The molecule has 3 heterocycles. The van der Waals surface area contributed by atoms with Gasteiger partial charge in [0.15, 0.2) is 0 Å². The Bertz CT molecular complexity index is 590. The molecule has 3 amide bonds. The lowest BCUT2D eigenvalue weighted by Gasteiger charge is -2.37. The van der Waals surface area contributed by atoms with E-state index in [9.17, 15) is 9.59 Å². The second kappa shape index (κ2) is 6.98. The number of amides is 3. The number of nitrogens with one attached hydrogen (secondary N) is 1. The predicted molar refractivity (Wildman–Crippen MR) is 87.0 cm³/mol. The standard InChI is InChI=1S/C17H24N4O2/c1-13-9-14(11-18-10-13)4-5-16(22)20-7-2-3-15(12-20)21-8-6-19-17(21)23/h9-11,15H,2-8,12H2,1H3,(H,19,23). The third-order valence-corrected chi connectivity index (χ3v) is 4.64. The van der Waals surface area contributed by atoms with Crippen LogP contribution in [0.25, 0.3) is 0 Å². The molecule has 3 rings (SSSR count). The van der Waals surface area contributed by atoms with Crippen molar-refractivity contribution in [1.82, 2.24) is 20.1 Å². The first-order chi connectivity index (χ1) is 11.1. The van der Waals surface area contributed by atoms with Crippen LogP contribution in [-0.2, 0) is 11.2 Å². The number of carbonyl (C=O) groups is 2. The topological polar surface area (TPSA) is 65.5 Å². The Kier molecular flexibility index (Phi) is 4.79. The van der Waals surface area contributed by atoms with Gasteiger partial charge in [0.2, 0.25) is 5.91 Å². The van der Waals surface area contributed by atoms with Crippen LogP contribution in [0.3, 0.4) is 0 Å². The van der Waals surface area contributed by atoms with Crippen LogP contribution in [0, 0.1) is 6.92 Å². The summed E-state index contributed by atoms with van der Waals surface area (Å²) in [6.07, 6.45) is 6.82. The lowest BCUT2D eigenvalue weighted by molar-refractivity contribution is -0.133. The molecule has 2 aliphatic heterocycles. The zero-order valence-corrected chi connectivity index (χ0v) is 13.6. The van der Waals surface area contributed by atoms with Gasteiger partial charge in [0.05, 0.1) is 6.04 Å². The SMILES string of the molecule is Cc1cncc(CCC(=O)N2CCCC(N3CCNC3=O)C2)c1. The molecule has 0 radical (unpaired) electrons. The van der Waals surface area contributed by atoms with Crippen LogP contribution in [0.2, 0.25) is 0 Å². The molecular weight excluding hydrogens is 292 g/mol. The summed E-state index contributed by atoms with van der Waals surface area (Å²) in [5, 5.41) is 2.84. The molecule has 6 heteroatoms. The van der Waals surface area contributed by atoms with Gasteiger partial charge >= 0.3 is 6.03 Å². The minimum atomic E-state index is 0.00938. The second-order valence-corrected chi connectivity index (χ2v) is 6.43. The van der Waals surface area contributed by atoms with Crippen LogP contribution < -0.4 is 5.32 Å². The van der Waals surface area contributed by atoms with Crippen molar-refractivity contribution in [2.45, 2.75) is 38.6 Å². The molecule has 1 atom stereocenters. The molecule has 2 fully saturated rings. The average molecular weight is 316 g/mol. The van der Waals surface area contributed by atoms with E-state index in [1.807, 2.05) is 29.1 Å². The summed E-state index contributed by atoms with van der Waals surface area (Å²) in [5.41, 5.74) is 2.22. The van der Waals surface area contributed by atoms with Gasteiger partial charge in [-0.1, -0.05) is 6.07 Å². The van der Waals surface area contributed by atoms with Crippen LogP contribution in [-0.4, -0.2) is 58.9 Å². The maximum absolute atomic E-state index is 12.5. The van der Waals surface area contributed by atoms with E-state index in [0.29, 0.717) is 19.5 Å². The van der Waals surface area contributed by atoms with Crippen molar-refractivity contribution in [3.05, 3.63) is 29.6 Å². The van der Waals surface area contributed by atoms with E-state index >= 15 is 0 Å². The van der Waals surface area contributed by atoms with E-state index in [1.165, 1.54) is 0 Å². The number of carbonyl (C=O) groups excluding carboxylic acids is 2. The minimum absolute atomic E-state index is 0.00938. The highest BCUT2D eigenvalue weighted by molar-refractivity contribution is 5.78. The predicted octanol–water partition coefficient (Wildman–Crippen LogP) is 1.34. The lowest BCUT2D eigenvalue weighted by Crippen LogP contribution is -2.50. The summed E-state index contributed by atoms with van der Waals surface area (Å²) in [7, 11) is 0. The number of rotatable bonds is 4. The fourth-order valence-electron chi connectivity index (χ4n) is 3.43. The first-order valence-corrected chi connectivity index (χ1v) is 8.36. The highest BCUT2D eigenvalue weighted by Crippen LogP contribution is 2.19. The highest BCUT2D eigenvalue weighted by Gasteiger charge is 2.32. The van der Waals surface area contributed by atoms with E-state index in [2.05, 4.69) is 16.4 Å². The zero-order chi connectivity index (χ0) is 16.2. The molecule has 124 valence electrons. The zero-order valence-electron chi connectivity index (χ0n) is 13.6. The molecule has 2 saturated heterocycles. The maximum Gasteiger partial charge on any atom is 0.317 e. The Morgan fingerprint density at radius 3 is 3.00 bits per heavy atom. The Morgan fingerprint density at radius 1 is 1.39 bits per heavy atom. The summed E-state index contributed by atoms with van der Waals surface area (Å²) in [4.78, 5) is 32.3. The van der Waals surface area contributed by atoms with Gasteiger partial charge in [-0.3, -0.25) is 9.78 Å².